The fourth-order valence-electron chi connectivity index (χ4n) is 2.45. The first-order valence-electron chi connectivity index (χ1n) is 7.07. The molecule has 1 heterocycles. The van der Waals surface area contributed by atoms with Crippen LogP contribution in [0.1, 0.15) is 32.1 Å². The van der Waals surface area contributed by atoms with Gasteiger partial charge in [0.2, 0.25) is 5.91 Å². The summed E-state index contributed by atoms with van der Waals surface area (Å²) in [5.74, 6) is 0.0376. The van der Waals surface area contributed by atoms with Crippen LogP contribution >= 0.6 is 0 Å². The molecule has 1 aliphatic carbocycles. The average Bonchev–Trinajstić information content (AvgIpc) is 2.92. The molecule has 2 N–H and O–H groups in total. The Kier molecular flexibility index (Phi) is 5.90. The summed E-state index contributed by atoms with van der Waals surface area (Å²) in [4.78, 5) is 11.7. The number of nitrogens with one attached hydrogen (secondary N) is 2. The van der Waals surface area contributed by atoms with Crippen molar-refractivity contribution in [2.75, 3.05) is 32.9 Å². The molecular formula is C13H24N2O3. The second-order valence-electron chi connectivity index (χ2n) is 5.00. The summed E-state index contributed by atoms with van der Waals surface area (Å²) < 4.78 is 11.0. The van der Waals surface area contributed by atoms with E-state index in [9.17, 15) is 4.79 Å². The van der Waals surface area contributed by atoms with Crippen molar-refractivity contribution >= 4 is 5.91 Å². The van der Waals surface area contributed by atoms with Crippen molar-refractivity contribution in [3.8, 4) is 0 Å². The van der Waals surface area contributed by atoms with Crippen LogP contribution in [-0.2, 0) is 14.3 Å². The van der Waals surface area contributed by atoms with E-state index in [4.69, 9.17) is 9.47 Å². The van der Waals surface area contributed by atoms with Gasteiger partial charge >= 0.3 is 0 Å². The topological polar surface area (TPSA) is 59.6 Å². The average molecular weight is 256 g/mol. The highest BCUT2D eigenvalue weighted by molar-refractivity contribution is 5.81. The molecule has 1 unspecified atom stereocenters. The Labute approximate surface area is 109 Å². The molecule has 2 aliphatic rings. The largest absolute Gasteiger partial charge is 0.378 e. The lowest BCUT2D eigenvalue weighted by Crippen LogP contribution is -2.51. The summed E-state index contributed by atoms with van der Waals surface area (Å²) in [6.45, 7) is 3.36. The SMILES string of the molecule is O=C(NCCCOC1CCCC1)C1COCCN1. The van der Waals surface area contributed by atoms with Gasteiger partial charge in [0.25, 0.3) is 0 Å². The third-order valence-electron chi connectivity index (χ3n) is 3.51. The Morgan fingerprint density at radius 2 is 2.22 bits per heavy atom. The summed E-state index contributed by atoms with van der Waals surface area (Å²) >= 11 is 0. The minimum absolute atomic E-state index is 0.0376. The van der Waals surface area contributed by atoms with E-state index in [0.29, 0.717) is 25.9 Å². The molecule has 1 atom stereocenters. The van der Waals surface area contributed by atoms with Gasteiger partial charge in [-0.25, -0.2) is 0 Å². The van der Waals surface area contributed by atoms with Gasteiger partial charge in [-0.15, -0.1) is 0 Å². The predicted octanol–water partition coefficient (Wildman–Crippen LogP) is 0.440. The molecule has 0 spiro atoms. The van der Waals surface area contributed by atoms with Crippen LogP contribution < -0.4 is 10.6 Å². The predicted molar refractivity (Wildman–Crippen MR) is 68.4 cm³/mol. The van der Waals surface area contributed by atoms with Crippen molar-refractivity contribution < 1.29 is 14.3 Å². The zero-order chi connectivity index (χ0) is 12.6. The fourth-order valence-corrected chi connectivity index (χ4v) is 2.45. The molecule has 2 fully saturated rings. The second-order valence-corrected chi connectivity index (χ2v) is 5.00. The van der Waals surface area contributed by atoms with Crippen LogP contribution in [0.3, 0.4) is 0 Å². The number of ether oxygens (including phenoxy) is 2. The first-order valence-corrected chi connectivity index (χ1v) is 7.07. The van der Waals surface area contributed by atoms with Gasteiger partial charge in [0, 0.05) is 19.7 Å². The van der Waals surface area contributed by atoms with Crippen molar-refractivity contribution in [3.05, 3.63) is 0 Å². The monoisotopic (exact) mass is 256 g/mol. The zero-order valence-electron chi connectivity index (χ0n) is 11.0. The highest BCUT2D eigenvalue weighted by atomic mass is 16.5. The lowest BCUT2D eigenvalue weighted by Gasteiger charge is -2.22. The Balaban J connectivity index is 1.48. The molecule has 5 heteroatoms. The number of rotatable bonds is 6. The fraction of sp³-hybridized carbons (Fsp3) is 0.923. The number of amides is 1. The summed E-state index contributed by atoms with van der Waals surface area (Å²) in [6, 6.07) is -0.186. The van der Waals surface area contributed by atoms with Crippen molar-refractivity contribution in [1.82, 2.24) is 10.6 Å². The molecule has 1 saturated heterocycles. The zero-order valence-corrected chi connectivity index (χ0v) is 11.0. The number of morpholine rings is 1. The van der Waals surface area contributed by atoms with Gasteiger partial charge in [0.15, 0.2) is 0 Å². The summed E-state index contributed by atoms with van der Waals surface area (Å²) in [6.07, 6.45) is 6.36. The molecule has 1 amide bonds. The molecule has 0 aromatic carbocycles. The van der Waals surface area contributed by atoms with E-state index < -0.39 is 0 Å². The third-order valence-corrected chi connectivity index (χ3v) is 3.51. The van der Waals surface area contributed by atoms with Crippen LogP contribution in [0.4, 0.5) is 0 Å². The number of hydrogen-bond acceptors (Lipinski definition) is 4. The van der Waals surface area contributed by atoms with Gasteiger partial charge in [-0.2, -0.15) is 0 Å². The number of hydrogen-bond donors (Lipinski definition) is 2. The summed E-state index contributed by atoms with van der Waals surface area (Å²) in [5.41, 5.74) is 0. The van der Waals surface area contributed by atoms with Gasteiger partial charge in [0.1, 0.15) is 6.04 Å². The van der Waals surface area contributed by atoms with Crippen LogP contribution in [0, 0.1) is 0 Å². The molecule has 104 valence electrons. The lowest BCUT2D eigenvalue weighted by molar-refractivity contribution is -0.125. The maximum Gasteiger partial charge on any atom is 0.239 e. The van der Waals surface area contributed by atoms with Crippen LogP contribution in [-0.4, -0.2) is 51.0 Å². The molecule has 2 rings (SSSR count). The first-order chi connectivity index (χ1) is 8.86. The quantitative estimate of drug-likeness (QED) is 0.677. The van der Waals surface area contributed by atoms with E-state index in [2.05, 4.69) is 10.6 Å². The molecule has 1 aliphatic heterocycles. The van der Waals surface area contributed by atoms with Gasteiger partial charge in [-0.3, -0.25) is 4.79 Å². The summed E-state index contributed by atoms with van der Waals surface area (Å²) in [5, 5.41) is 6.05. The van der Waals surface area contributed by atoms with Gasteiger partial charge in [-0.1, -0.05) is 12.8 Å². The first kappa shape index (κ1) is 13.8. The van der Waals surface area contributed by atoms with E-state index in [1.54, 1.807) is 0 Å². The van der Waals surface area contributed by atoms with Crippen LogP contribution in [0.25, 0.3) is 0 Å². The van der Waals surface area contributed by atoms with Crippen molar-refractivity contribution in [1.29, 1.82) is 0 Å². The Bertz CT molecular complexity index is 249. The maximum absolute atomic E-state index is 11.7. The van der Waals surface area contributed by atoms with Gasteiger partial charge in [-0.05, 0) is 19.3 Å². The smallest absolute Gasteiger partial charge is 0.239 e. The van der Waals surface area contributed by atoms with E-state index in [0.717, 1.165) is 19.6 Å². The minimum atomic E-state index is -0.186. The van der Waals surface area contributed by atoms with Crippen LogP contribution in [0.5, 0.6) is 0 Å². The molecule has 18 heavy (non-hydrogen) atoms. The van der Waals surface area contributed by atoms with E-state index in [1.165, 1.54) is 25.7 Å². The Hall–Kier alpha value is -0.650. The second kappa shape index (κ2) is 7.71. The Morgan fingerprint density at radius 3 is 2.94 bits per heavy atom. The molecule has 1 saturated carbocycles. The normalized spacial score (nSPS) is 25.2. The molecule has 0 aromatic rings. The molecular weight excluding hydrogens is 232 g/mol. The van der Waals surface area contributed by atoms with Crippen molar-refractivity contribution in [3.63, 3.8) is 0 Å². The molecule has 0 bridgehead atoms. The van der Waals surface area contributed by atoms with E-state index >= 15 is 0 Å². The van der Waals surface area contributed by atoms with Gasteiger partial charge < -0.3 is 20.1 Å². The van der Waals surface area contributed by atoms with Crippen LogP contribution in [0.15, 0.2) is 0 Å². The standard InChI is InChI=1S/C13H24N2O3/c16-13(12-10-17-9-7-14-12)15-6-3-8-18-11-4-1-2-5-11/h11-12,14H,1-10H2,(H,15,16). The molecule has 0 radical (unpaired) electrons. The van der Waals surface area contributed by atoms with Crippen molar-refractivity contribution in [2.45, 2.75) is 44.2 Å². The van der Waals surface area contributed by atoms with Crippen molar-refractivity contribution in [2.24, 2.45) is 0 Å². The molecule has 5 nitrogen and oxygen atoms in total. The lowest BCUT2D eigenvalue weighted by atomic mass is 10.2. The number of carbonyl (C=O) groups is 1. The molecule has 0 aromatic heterocycles. The maximum atomic E-state index is 11.7. The Morgan fingerprint density at radius 1 is 1.39 bits per heavy atom. The van der Waals surface area contributed by atoms with E-state index in [1.807, 2.05) is 0 Å². The van der Waals surface area contributed by atoms with E-state index in [-0.39, 0.29) is 11.9 Å². The van der Waals surface area contributed by atoms with Crippen LogP contribution in [0.2, 0.25) is 0 Å². The van der Waals surface area contributed by atoms with Gasteiger partial charge in [0.05, 0.1) is 19.3 Å². The minimum Gasteiger partial charge on any atom is -0.378 e. The highest BCUT2D eigenvalue weighted by Gasteiger charge is 2.20. The highest BCUT2D eigenvalue weighted by Crippen LogP contribution is 2.20. The summed E-state index contributed by atoms with van der Waals surface area (Å²) in [7, 11) is 0. The number of carbonyl (C=O) groups excluding carboxylic acids is 1. The third kappa shape index (κ3) is 4.55.